The summed E-state index contributed by atoms with van der Waals surface area (Å²) in [7, 11) is -4.62. The van der Waals surface area contributed by atoms with Gasteiger partial charge in [-0.1, -0.05) is 0 Å². The minimum Gasteiger partial charge on any atom is -0.432 e. The minimum atomic E-state index is -4.62. The van der Waals surface area contributed by atoms with Crippen LogP contribution in [0.15, 0.2) is 36.1 Å². The number of nitrogens with zero attached hydrogens (tertiary/aromatic N) is 6. The molecular formula is C29H34F2N7O9PS. The molecule has 4 heterocycles. The number of pyridine rings is 1. The Morgan fingerprint density at radius 3 is 2.63 bits per heavy atom. The number of thiazole rings is 1. The molecule has 0 spiro atoms. The van der Waals surface area contributed by atoms with Gasteiger partial charge in [0.05, 0.1) is 30.1 Å². The zero-order chi connectivity index (χ0) is 35.1. The molecule has 20 heteroatoms. The Balaban J connectivity index is 1.24. The smallest absolute Gasteiger partial charge is 0.432 e. The van der Waals surface area contributed by atoms with Gasteiger partial charge in [0, 0.05) is 29.9 Å². The molecule has 0 bridgehead atoms. The number of anilines is 1. The third kappa shape index (κ3) is 9.74. The molecule has 4 aromatic rings. The van der Waals surface area contributed by atoms with Crippen molar-refractivity contribution in [1.82, 2.24) is 29.5 Å². The van der Waals surface area contributed by atoms with Crippen LogP contribution in [0.1, 0.15) is 63.0 Å². The van der Waals surface area contributed by atoms with Crippen molar-refractivity contribution >= 4 is 36.9 Å². The zero-order valence-electron chi connectivity index (χ0n) is 26.7. The van der Waals surface area contributed by atoms with Gasteiger partial charge in [-0.2, -0.15) is 14.6 Å². The van der Waals surface area contributed by atoms with Gasteiger partial charge in [0.2, 0.25) is 12.7 Å². The molecule has 1 saturated carbocycles. The Morgan fingerprint density at radius 2 is 1.90 bits per heavy atom. The fourth-order valence-electron chi connectivity index (χ4n) is 4.92. The summed E-state index contributed by atoms with van der Waals surface area (Å²) < 4.78 is 68.3. The van der Waals surface area contributed by atoms with Crippen LogP contribution in [0, 0.1) is 11.8 Å². The Morgan fingerprint density at radius 1 is 1.12 bits per heavy atom. The first-order valence-electron chi connectivity index (χ1n) is 15.2. The van der Waals surface area contributed by atoms with Gasteiger partial charge >= 0.3 is 14.0 Å². The number of phosphoric ester groups is 1. The van der Waals surface area contributed by atoms with Gasteiger partial charge in [-0.15, -0.1) is 11.3 Å². The summed E-state index contributed by atoms with van der Waals surface area (Å²) in [6, 6.07) is 1.80. The van der Waals surface area contributed by atoms with E-state index in [0.29, 0.717) is 17.2 Å². The van der Waals surface area contributed by atoms with Crippen LogP contribution >= 0.6 is 19.2 Å². The molecule has 0 aliphatic heterocycles. The van der Waals surface area contributed by atoms with Crippen molar-refractivity contribution in [3.63, 3.8) is 0 Å². The van der Waals surface area contributed by atoms with Crippen molar-refractivity contribution in [2.24, 2.45) is 0 Å². The van der Waals surface area contributed by atoms with Gasteiger partial charge in [0.25, 0.3) is 5.91 Å². The van der Waals surface area contributed by atoms with E-state index in [1.165, 1.54) is 22.5 Å². The van der Waals surface area contributed by atoms with Gasteiger partial charge in [-0.25, -0.2) is 32.9 Å². The molecule has 16 nitrogen and oxygen atoms in total. The topological polar surface area (TPSA) is 191 Å². The number of hydrogen-bond donors (Lipinski definition) is 2. The molecular weight excluding hydrogens is 691 g/mol. The molecule has 4 aromatic heterocycles. The van der Waals surface area contributed by atoms with Crippen LogP contribution in [0.2, 0.25) is 0 Å². The third-order valence-corrected chi connectivity index (χ3v) is 8.90. The lowest BCUT2D eigenvalue weighted by molar-refractivity contribution is -0.0223. The molecule has 0 saturated heterocycles. The van der Waals surface area contributed by atoms with Crippen LogP contribution in [0.4, 0.5) is 19.3 Å². The maximum Gasteiger partial charge on any atom is 0.510 e. The summed E-state index contributed by atoms with van der Waals surface area (Å²) in [5, 5.41) is 13.2. The SMILES string of the molecule is CCO[C@H]1CC[C@H](n2cc(NC(=O)c3csc(-c4cnn(COP(=O)(O)OCOC(=O)OC(C)C)c4)n3)c(-c3nc(F)ccc3F)n2)CC1. The lowest BCUT2D eigenvalue weighted by Gasteiger charge is -2.28. The number of amides is 1. The molecule has 1 unspecified atom stereocenters. The van der Waals surface area contributed by atoms with Crippen LogP contribution in [0.25, 0.3) is 22.0 Å². The predicted octanol–water partition coefficient (Wildman–Crippen LogP) is 5.93. The highest BCUT2D eigenvalue weighted by molar-refractivity contribution is 7.47. The second-order valence-corrected chi connectivity index (χ2v) is 13.3. The normalized spacial score (nSPS) is 17.5. The molecule has 0 aromatic carbocycles. The summed E-state index contributed by atoms with van der Waals surface area (Å²) in [5.41, 5.74) is 0.248. The van der Waals surface area contributed by atoms with Gasteiger partial charge in [-0.05, 0) is 58.6 Å². The number of nitrogens with one attached hydrogen (secondary N) is 1. The Kier molecular flexibility index (Phi) is 11.8. The first-order chi connectivity index (χ1) is 23.4. The minimum absolute atomic E-state index is 0.0249. The van der Waals surface area contributed by atoms with E-state index < -0.39 is 51.3 Å². The zero-order valence-corrected chi connectivity index (χ0v) is 28.4. The first-order valence-corrected chi connectivity index (χ1v) is 17.6. The van der Waals surface area contributed by atoms with E-state index in [-0.39, 0.29) is 34.9 Å². The monoisotopic (exact) mass is 725 g/mol. The number of halogens is 2. The number of hydrogen-bond acceptors (Lipinski definition) is 13. The van der Waals surface area contributed by atoms with E-state index in [1.54, 1.807) is 24.7 Å². The van der Waals surface area contributed by atoms with Gasteiger partial charge in [0.1, 0.15) is 22.1 Å². The van der Waals surface area contributed by atoms with E-state index >= 15 is 0 Å². The van der Waals surface area contributed by atoms with Gasteiger partial charge < -0.3 is 24.4 Å². The summed E-state index contributed by atoms with van der Waals surface area (Å²) in [6.07, 6.45) is 6.18. The standard InChI is InChI=1S/C29H34F2N7O9PS/c1-4-43-20-7-5-19(6-8-20)38-13-22(26(36-38)25-21(30)9-10-24(31)35-25)33-27(39)23-14-49-28(34-23)18-11-32-37(12-18)15-45-48(41,42)46-16-44-29(40)47-17(2)3/h9-14,17,19-20H,4-8,15-16H2,1-3H3,(H,33,39)(H,41,42)/t19-,20-. The molecule has 5 rings (SSSR count). The fraction of sp³-hybridized carbons (Fsp3) is 0.448. The Labute approximate surface area is 282 Å². The third-order valence-electron chi connectivity index (χ3n) is 7.13. The van der Waals surface area contributed by atoms with Crippen molar-refractivity contribution in [3.8, 4) is 22.0 Å². The first kappa shape index (κ1) is 36.2. The van der Waals surface area contributed by atoms with Crippen LogP contribution in [-0.4, -0.2) is 72.1 Å². The number of carbonyl (C=O) groups is 2. The average Bonchev–Trinajstić information content (AvgIpc) is 3.82. The van der Waals surface area contributed by atoms with E-state index in [0.717, 1.165) is 49.2 Å². The van der Waals surface area contributed by atoms with Crippen molar-refractivity contribution in [1.29, 1.82) is 0 Å². The molecule has 2 N–H and O–H groups in total. The van der Waals surface area contributed by atoms with Crippen molar-refractivity contribution in [2.45, 2.75) is 71.4 Å². The molecule has 264 valence electrons. The summed E-state index contributed by atoms with van der Waals surface area (Å²) in [4.78, 5) is 42.6. The largest absolute Gasteiger partial charge is 0.510 e. The molecule has 1 aliphatic rings. The maximum atomic E-state index is 14.8. The van der Waals surface area contributed by atoms with Gasteiger partial charge in [-0.3, -0.25) is 14.0 Å². The van der Waals surface area contributed by atoms with Crippen molar-refractivity contribution < 1.29 is 51.1 Å². The van der Waals surface area contributed by atoms with E-state index in [4.69, 9.17) is 14.0 Å². The molecule has 0 radical (unpaired) electrons. The molecule has 1 fully saturated rings. The average molecular weight is 726 g/mol. The van der Waals surface area contributed by atoms with Crippen molar-refractivity contribution in [2.75, 3.05) is 18.7 Å². The van der Waals surface area contributed by atoms with Gasteiger partial charge in [0.15, 0.2) is 12.5 Å². The van der Waals surface area contributed by atoms with Crippen LogP contribution in [0.5, 0.6) is 0 Å². The summed E-state index contributed by atoms with van der Waals surface area (Å²) in [5.74, 6) is -2.33. The second kappa shape index (κ2) is 16.1. The lowest BCUT2D eigenvalue weighted by atomic mass is 9.93. The summed E-state index contributed by atoms with van der Waals surface area (Å²) >= 11 is 1.12. The highest BCUT2D eigenvalue weighted by Gasteiger charge is 2.27. The number of phosphoric acid groups is 1. The molecule has 1 aliphatic carbocycles. The predicted molar refractivity (Wildman–Crippen MR) is 169 cm³/mol. The highest BCUT2D eigenvalue weighted by atomic mass is 32.1. The quantitative estimate of drug-likeness (QED) is 0.0674. The Hall–Kier alpha value is -4.13. The number of rotatable bonds is 14. The van der Waals surface area contributed by atoms with Crippen molar-refractivity contribution in [3.05, 3.63) is 53.6 Å². The summed E-state index contributed by atoms with van der Waals surface area (Å²) in [6.45, 7) is 4.38. The number of carbonyl (C=O) groups excluding carboxylic acids is 2. The fourth-order valence-corrected chi connectivity index (χ4v) is 6.22. The highest BCUT2D eigenvalue weighted by Crippen LogP contribution is 2.43. The van der Waals surface area contributed by atoms with Crippen LogP contribution in [0.3, 0.4) is 0 Å². The second-order valence-electron chi connectivity index (χ2n) is 11.0. The van der Waals surface area contributed by atoms with E-state index in [9.17, 15) is 27.8 Å². The van der Waals surface area contributed by atoms with E-state index in [2.05, 4.69) is 34.7 Å². The maximum absolute atomic E-state index is 14.8. The number of ether oxygens (including phenoxy) is 3. The Bertz CT molecular complexity index is 1810. The van der Waals surface area contributed by atoms with Crippen LogP contribution in [-0.2, 0) is 34.6 Å². The van der Waals surface area contributed by atoms with Crippen LogP contribution < -0.4 is 5.32 Å². The molecule has 49 heavy (non-hydrogen) atoms. The molecule has 1 amide bonds. The number of aromatic nitrogens is 6. The van der Waals surface area contributed by atoms with E-state index in [1.807, 2.05) is 6.92 Å². The lowest BCUT2D eigenvalue weighted by Crippen LogP contribution is -2.24. The molecule has 1 atom stereocenters.